The fraction of sp³-hybridized carbons (Fsp3) is 0.750. The monoisotopic (exact) mass is 475 g/mol. The molecule has 0 heterocycles. The molecule has 0 aliphatic heterocycles. The Labute approximate surface area is 194 Å². The highest BCUT2D eigenvalue weighted by Crippen LogP contribution is 2.09. The summed E-state index contributed by atoms with van der Waals surface area (Å²) in [5.41, 5.74) is 10.9. The molecule has 0 fully saturated rings. The number of amides is 4. The second kappa shape index (κ2) is 14.7. The number of aliphatic carboxylic acids is 1. The summed E-state index contributed by atoms with van der Waals surface area (Å²) in [6, 6.07) is -4.23. The number of thiol groups is 1. The molecule has 184 valence electrons. The van der Waals surface area contributed by atoms with Crippen LogP contribution in [0.4, 0.5) is 0 Å². The Bertz CT molecular complexity index is 675. The summed E-state index contributed by atoms with van der Waals surface area (Å²) in [5.74, 6) is -4.02. The van der Waals surface area contributed by atoms with Crippen molar-refractivity contribution in [3.05, 3.63) is 0 Å². The van der Waals surface area contributed by atoms with Crippen LogP contribution in [0.3, 0.4) is 0 Å². The van der Waals surface area contributed by atoms with E-state index in [1.165, 1.54) is 0 Å². The van der Waals surface area contributed by atoms with E-state index in [9.17, 15) is 29.1 Å². The van der Waals surface area contributed by atoms with Gasteiger partial charge in [-0.05, 0) is 24.7 Å². The van der Waals surface area contributed by atoms with Crippen LogP contribution in [0.5, 0.6) is 0 Å². The van der Waals surface area contributed by atoms with Gasteiger partial charge in [-0.2, -0.15) is 12.6 Å². The molecule has 5 atom stereocenters. The van der Waals surface area contributed by atoms with Crippen molar-refractivity contribution in [3.63, 3.8) is 0 Å². The van der Waals surface area contributed by atoms with Crippen molar-refractivity contribution in [2.24, 2.45) is 23.3 Å². The van der Waals surface area contributed by atoms with Gasteiger partial charge in [0.05, 0.1) is 6.04 Å². The summed E-state index contributed by atoms with van der Waals surface area (Å²) < 4.78 is 0. The third kappa shape index (κ3) is 10.8. The number of nitrogens with two attached hydrogens (primary N) is 2. The van der Waals surface area contributed by atoms with Gasteiger partial charge in [-0.15, -0.1) is 0 Å². The lowest BCUT2D eigenvalue weighted by molar-refractivity contribution is -0.142. The molecule has 0 saturated heterocycles. The molecule has 5 unspecified atom stereocenters. The Morgan fingerprint density at radius 1 is 0.906 bits per heavy atom. The van der Waals surface area contributed by atoms with Crippen LogP contribution in [0.2, 0.25) is 0 Å². The number of carboxylic acids is 1. The van der Waals surface area contributed by atoms with Crippen LogP contribution < -0.4 is 27.4 Å². The number of nitrogens with one attached hydrogen (secondary N) is 3. The van der Waals surface area contributed by atoms with Gasteiger partial charge in [0.25, 0.3) is 0 Å². The molecule has 32 heavy (non-hydrogen) atoms. The number of carbonyl (C=O) groups is 5. The molecule has 8 N–H and O–H groups in total. The van der Waals surface area contributed by atoms with Gasteiger partial charge >= 0.3 is 5.97 Å². The summed E-state index contributed by atoms with van der Waals surface area (Å²) in [4.78, 5) is 60.1. The summed E-state index contributed by atoms with van der Waals surface area (Å²) in [7, 11) is 0. The normalized spacial score (nSPS) is 15.7. The van der Waals surface area contributed by atoms with E-state index in [1.54, 1.807) is 0 Å². The van der Waals surface area contributed by atoms with Gasteiger partial charge in [0.15, 0.2) is 0 Å². The minimum atomic E-state index is -1.34. The third-order valence-electron chi connectivity index (χ3n) is 5.01. The first-order valence-electron chi connectivity index (χ1n) is 10.6. The molecule has 12 heteroatoms. The van der Waals surface area contributed by atoms with Gasteiger partial charge in [-0.3, -0.25) is 19.2 Å². The van der Waals surface area contributed by atoms with E-state index in [2.05, 4.69) is 28.6 Å². The Morgan fingerprint density at radius 2 is 1.41 bits per heavy atom. The van der Waals surface area contributed by atoms with Crippen molar-refractivity contribution >= 4 is 42.2 Å². The van der Waals surface area contributed by atoms with E-state index in [4.69, 9.17) is 11.5 Å². The van der Waals surface area contributed by atoms with E-state index in [1.807, 2.05) is 27.7 Å². The first kappa shape index (κ1) is 29.7. The van der Waals surface area contributed by atoms with Crippen LogP contribution in [0.1, 0.15) is 53.4 Å². The number of carbonyl (C=O) groups excluding carboxylic acids is 4. The summed E-state index contributed by atoms with van der Waals surface area (Å²) in [5, 5.41) is 16.7. The topological polar surface area (TPSA) is 194 Å². The third-order valence-corrected chi connectivity index (χ3v) is 5.37. The molecule has 0 aromatic carbocycles. The second-order valence-electron chi connectivity index (χ2n) is 8.25. The highest BCUT2D eigenvalue weighted by atomic mass is 32.1. The summed E-state index contributed by atoms with van der Waals surface area (Å²) in [6.07, 6.45) is 0.507. The average molecular weight is 476 g/mol. The van der Waals surface area contributed by atoms with Crippen LogP contribution in [0, 0.1) is 11.8 Å². The van der Waals surface area contributed by atoms with Crippen LogP contribution >= 0.6 is 12.6 Å². The van der Waals surface area contributed by atoms with Crippen molar-refractivity contribution < 1.29 is 29.1 Å². The molecule has 0 aromatic rings. The summed E-state index contributed by atoms with van der Waals surface area (Å²) >= 11 is 4.11. The molecule has 0 rings (SSSR count). The zero-order valence-corrected chi connectivity index (χ0v) is 20.0. The molecule has 0 bridgehead atoms. The van der Waals surface area contributed by atoms with Gasteiger partial charge in [0.2, 0.25) is 23.6 Å². The van der Waals surface area contributed by atoms with Gasteiger partial charge in [-0.1, -0.05) is 34.1 Å². The zero-order valence-electron chi connectivity index (χ0n) is 19.1. The van der Waals surface area contributed by atoms with Crippen molar-refractivity contribution in [1.82, 2.24) is 16.0 Å². The van der Waals surface area contributed by atoms with E-state index in [0.717, 1.165) is 0 Å². The lowest BCUT2D eigenvalue weighted by Crippen LogP contribution is -2.58. The number of rotatable bonds is 15. The molecule has 0 saturated carbocycles. The number of carboxylic acid groups (broad SMARTS) is 1. The Balaban J connectivity index is 5.31. The standard InChI is InChI=1S/C20H37N5O6S/c1-5-11(4)16(22)19(29)25-14(9-32)18(28)24-13(8-10(2)3)17(27)23-12(20(30)31)6-7-15(21)26/h10-14,16,32H,5-9,22H2,1-4H3,(H2,21,26)(H,23,27)(H,24,28)(H,25,29)(H,30,31). The fourth-order valence-corrected chi connectivity index (χ4v) is 3.02. The molecular weight excluding hydrogens is 438 g/mol. The van der Waals surface area contributed by atoms with E-state index >= 15 is 0 Å². The van der Waals surface area contributed by atoms with Crippen molar-refractivity contribution in [3.8, 4) is 0 Å². The van der Waals surface area contributed by atoms with Gasteiger partial charge < -0.3 is 32.5 Å². The predicted molar refractivity (Wildman–Crippen MR) is 123 cm³/mol. The average Bonchev–Trinajstić information content (AvgIpc) is 2.71. The van der Waals surface area contributed by atoms with Gasteiger partial charge in [0.1, 0.15) is 18.1 Å². The molecule has 0 aliphatic rings. The molecule has 0 radical (unpaired) electrons. The zero-order chi connectivity index (χ0) is 25.0. The van der Waals surface area contributed by atoms with Crippen molar-refractivity contribution in [1.29, 1.82) is 0 Å². The fourth-order valence-electron chi connectivity index (χ4n) is 2.77. The Hall–Kier alpha value is -2.34. The molecular formula is C20H37N5O6S. The number of hydrogen-bond acceptors (Lipinski definition) is 7. The lowest BCUT2D eigenvalue weighted by atomic mass is 9.99. The minimum Gasteiger partial charge on any atom is -0.480 e. The highest BCUT2D eigenvalue weighted by molar-refractivity contribution is 7.80. The minimum absolute atomic E-state index is 0.0113. The lowest BCUT2D eigenvalue weighted by Gasteiger charge is -2.26. The Morgan fingerprint density at radius 3 is 1.84 bits per heavy atom. The highest BCUT2D eigenvalue weighted by Gasteiger charge is 2.31. The summed E-state index contributed by atoms with van der Waals surface area (Å²) in [6.45, 7) is 7.37. The maximum atomic E-state index is 12.7. The van der Waals surface area contributed by atoms with Crippen LogP contribution in [-0.4, -0.2) is 64.6 Å². The molecule has 0 aliphatic carbocycles. The first-order chi connectivity index (χ1) is 14.8. The smallest absolute Gasteiger partial charge is 0.326 e. The number of primary amides is 1. The van der Waals surface area contributed by atoms with Gasteiger partial charge in [-0.25, -0.2) is 4.79 Å². The molecule has 11 nitrogen and oxygen atoms in total. The predicted octanol–water partition coefficient (Wildman–Crippen LogP) is -0.860. The van der Waals surface area contributed by atoms with Gasteiger partial charge in [0, 0.05) is 12.2 Å². The maximum Gasteiger partial charge on any atom is 0.326 e. The maximum absolute atomic E-state index is 12.7. The molecule has 4 amide bonds. The van der Waals surface area contributed by atoms with Crippen LogP contribution in [-0.2, 0) is 24.0 Å². The molecule has 0 spiro atoms. The number of hydrogen-bond donors (Lipinski definition) is 7. The van der Waals surface area contributed by atoms with E-state index in [-0.39, 0.29) is 36.9 Å². The largest absolute Gasteiger partial charge is 0.480 e. The van der Waals surface area contributed by atoms with Crippen molar-refractivity contribution in [2.75, 3.05) is 5.75 Å². The van der Waals surface area contributed by atoms with Crippen LogP contribution in [0.15, 0.2) is 0 Å². The van der Waals surface area contributed by atoms with Crippen molar-refractivity contribution in [2.45, 2.75) is 77.5 Å². The molecule has 0 aromatic heterocycles. The SMILES string of the molecule is CCC(C)C(N)C(=O)NC(CS)C(=O)NC(CC(C)C)C(=O)NC(CCC(N)=O)C(=O)O. The van der Waals surface area contributed by atoms with E-state index in [0.29, 0.717) is 6.42 Å². The van der Waals surface area contributed by atoms with E-state index < -0.39 is 53.8 Å². The first-order valence-corrected chi connectivity index (χ1v) is 11.3. The quantitative estimate of drug-likeness (QED) is 0.150. The van der Waals surface area contributed by atoms with Crippen LogP contribution in [0.25, 0.3) is 0 Å². The Kier molecular flexibility index (Phi) is 13.6. The second-order valence-corrected chi connectivity index (χ2v) is 8.62.